The van der Waals surface area contributed by atoms with E-state index >= 15 is 0 Å². The molecule has 0 bridgehead atoms. The Morgan fingerprint density at radius 3 is 1.89 bits per heavy atom. The number of hydrogen-bond acceptors (Lipinski definition) is 4. The maximum absolute atomic E-state index is 15.0. The van der Waals surface area contributed by atoms with E-state index in [-0.39, 0.29) is 22.4 Å². The molecule has 1 atom stereocenters. The number of benzene rings is 4. The highest BCUT2D eigenvalue weighted by molar-refractivity contribution is 5.91. The number of carbonyl (C=O) groups excluding carboxylic acids is 1. The summed E-state index contributed by atoms with van der Waals surface area (Å²) in [5.74, 6) is -3.52. The second-order valence-corrected chi connectivity index (χ2v) is 8.08. The molecule has 0 fully saturated rings. The zero-order valence-corrected chi connectivity index (χ0v) is 19.6. The summed E-state index contributed by atoms with van der Waals surface area (Å²) in [5.41, 5.74) is 1.72. The van der Waals surface area contributed by atoms with Crippen molar-refractivity contribution in [1.82, 2.24) is 0 Å². The summed E-state index contributed by atoms with van der Waals surface area (Å²) in [6.45, 7) is 3.75. The van der Waals surface area contributed by atoms with E-state index in [1.54, 1.807) is 38.1 Å². The van der Waals surface area contributed by atoms with Crippen LogP contribution < -0.4 is 9.47 Å². The predicted molar refractivity (Wildman–Crippen MR) is 130 cm³/mol. The Kier molecular flexibility index (Phi) is 7.41. The lowest BCUT2D eigenvalue weighted by Gasteiger charge is -2.11. The van der Waals surface area contributed by atoms with Crippen molar-refractivity contribution in [3.05, 3.63) is 107 Å². The van der Waals surface area contributed by atoms with Gasteiger partial charge in [-0.3, -0.25) is 0 Å². The van der Waals surface area contributed by atoms with Gasteiger partial charge in [-0.2, -0.15) is 0 Å². The fraction of sp³-hybridized carbons (Fsp3) is 0.138. The zero-order chi connectivity index (χ0) is 25.8. The monoisotopic (exact) mass is 492 g/mol. The lowest BCUT2D eigenvalue weighted by molar-refractivity contribution is 0.0727. The van der Waals surface area contributed by atoms with Gasteiger partial charge < -0.3 is 14.6 Å². The van der Waals surface area contributed by atoms with E-state index in [1.165, 1.54) is 48.5 Å². The molecule has 0 aliphatic rings. The van der Waals surface area contributed by atoms with Crippen LogP contribution >= 0.6 is 0 Å². The number of aliphatic hydroxyl groups excluding tert-OH is 1. The molecule has 1 N–H and O–H groups in total. The average molecular weight is 492 g/mol. The molecule has 0 radical (unpaired) electrons. The summed E-state index contributed by atoms with van der Waals surface area (Å²) in [6, 6.07) is 19.1. The average Bonchev–Trinajstić information content (AvgIpc) is 2.87. The van der Waals surface area contributed by atoms with E-state index in [1.807, 2.05) is 0 Å². The quantitative estimate of drug-likeness (QED) is 0.221. The van der Waals surface area contributed by atoms with Crippen LogP contribution in [-0.2, 0) is 0 Å². The first-order chi connectivity index (χ1) is 17.3. The molecule has 0 saturated heterocycles. The Labute approximate surface area is 206 Å². The number of rotatable bonds is 7. The van der Waals surface area contributed by atoms with E-state index < -0.39 is 29.5 Å². The topological polar surface area (TPSA) is 55.8 Å². The van der Waals surface area contributed by atoms with Gasteiger partial charge in [0.25, 0.3) is 0 Å². The first-order valence-corrected chi connectivity index (χ1v) is 11.3. The van der Waals surface area contributed by atoms with E-state index in [0.717, 1.165) is 6.07 Å². The van der Waals surface area contributed by atoms with Crippen molar-refractivity contribution in [2.45, 2.75) is 20.0 Å². The van der Waals surface area contributed by atoms with E-state index in [0.29, 0.717) is 29.0 Å². The number of esters is 1. The molecule has 0 aliphatic heterocycles. The molecule has 184 valence electrons. The van der Waals surface area contributed by atoms with Gasteiger partial charge in [0.15, 0.2) is 23.2 Å². The van der Waals surface area contributed by atoms with Crippen LogP contribution in [0.15, 0.2) is 78.9 Å². The van der Waals surface area contributed by atoms with Crippen molar-refractivity contribution < 1.29 is 32.5 Å². The van der Waals surface area contributed by atoms with Crippen LogP contribution in [0.25, 0.3) is 22.3 Å². The Balaban J connectivity index is 1.53. The highest BCUT2D eigenvalue weighted by Gasteiger charge is 2.18. The number of carbonyl (C=O) groups is 1. The lowest BCUT2D eigenvalue weighted by Crippen LogP contribution is -2.09. The molecular formula is C29H23F3O4. The Morgan fingerprint density at radius 1 is 0.833 bits per heavy atom. The largest absolute Gasteiger partial charge is 0.494 e. The second-order valence-electron chi connectivity index (χ2n) is 8.08. The molecule has 4 aromatic rings. The van der Waals surface area contributed by atoms with Crippen molar-refractivity contribution >= 4 is 5.97 Å². The molecule has 4 nitrogen and oxygen atoms in total. The van der Waals surface area contributed by atoms with Crippen LogP contribution in [0.3, 0.4) is 0 Å². The molecule has 0 saturated carbocycles. The van der Waals surface area contributed by atoms with Crippen LogP contribution in [0.2, 0.25) is 0 Å². The van der Waals surface area contributed by atoms with E-state index in [9.17, 15) is 23.1 Å². The van der Waals surface area contributed by atoms with Crippen LogP contribution in [-0.4, -0.2) is 17.7 Å². The highest BCUT2D eigenvalue weighted by Crippen LogP contribution is 2.32. The smallest absolute Gasteiger partial charge is 0.343 e. The van der Waals surface area contributed by atoms with Gasteiger partial charge >= 0.3 is 5.97 Å². The summed E-state index contributed by atoms with van der Waals surface area (Å²) in [5, 5.41) is 9.63. The summed E-state index contributed by atoms with van der Waals surface area (Å²) >= 11 is 0. The molecule has 0 aromatic heterocycles. The van der Waals surface area contributed by atoms with E-state index in [4.69, 9.17) is 9.47 Å². The molecule has 7 heteroatoms. The maximum Gasteiger partial charge on any atom is 0.343 e. The minimum atomic E-state index is -1.03. The Hall–Kier alpha value is -4.10. The molecule has 0 heterocycles. The summed E-state index contributed by atoms with van der Waals surface area (Å²) in [7, 11) is 0. The molecule has 0 aliphatic carbocycles. The number of ether oxygens (including phenoxy) is 2. The molecule has 4 rings (SSSR count). The van der Waals surface area contributed by atoms with Gasteiger partial charge in [0.1, 0.15) is 5.75 Å². The summed E-state index contributed by atoms with van der Waals surface area (Å²) < 4.78 is 54.4. The summed E-state index contributed by atoms with van der Waals surface area (Å²) in [4.78, 5) is 12.4. The third-order valence-corrected chi connectivity index (χ3v) is 5.64. The lowest BCUT2D eigenvalue weighted by atomic mass is 9.97. The van der Waals surface area contributed by atoms with Gasteiger partial charge in [-0.15, -0.1) is 0 Å². The Bertz CT molecular complexity index is 1380. The normalized spacial score (nSPS) is 11.7. The molecular weight excluding hydrogens is 469 g/mol. The fourth-order valence-electron chi connectivity index (χ4n) is 3.70. The van der Waals surface area contributed by atoms with Gasteiger partial charge in [-0.05, 0) is 54.8 Å². The van der Waals surface area contributed by atoms with Gasteiger partial charge in [-0.1, -0.05) is 48.5 Å². The van der Waals surface area contributed by atoms with Crippen LogP contribution in [0.5, 0.6) is 11.5 Å². The molecule has 36 heavy (non-hydrogen) atoms. The minimum Gasteiger partial charge on any atom is -0.494 e. The molecule has 4 aromatic carbocycles. The van der Waals surface area contributed by atoms with Crippen molar-refractivity contribution in [2.75, 3.05) is 6.61 Å². The fourth-order valence-corrected chi connectivity index (χ4v) is 3.70. The van der Waals surface area contributed by atoms with Crippen molar-refractivity contribution in [1.29, 1.82) is 0 Å². The molecule has 0 amide bonds. The third kappa shape index (κ3) is 5.26. The van der Waals surface area contributed by atoms with E-state index in [2.05, 4.69) is 0 Å². The minimum absolute atomic E-state index is 0.0225. The van der Waals surface area contributed by atoms with Crippen molar-refractivity contribution in [3.63, 3.8) is 0 Å². The highest BCUT2D eigenvalue weighted by atomic mass is 19.2. The van der Waals surface area contributed by atoms with Gasteiger partial charge in [0.2, 0.25) is 0 Å². The second kappa shape index (κ2) is 10.7. The summed E-state index contributed by atoms with van der Waals surface area (Å²) in [6.07, 6.45) is -0.664. The zero-order valence-electron chi connectivity index (χ0n) is 19.6. The molecule has 1 unspecified atom stereocenters. The van der Waals surface area contributed by atoms with Gasteiger partial charge in [0, 0.05) is 17.2 Å². The molecule has 0 spiro atoms. The van der Waals surface area contributed by atoms with Crippen LogP contribution in [0, 0.1) is 17.5 Å². The number of aliphatic hydroxyl groups is 1. The van der Waals surface area contributed by atoms with Gasteiger partial charge in [-0.25, -0.2) is 18.0 Å². The number of halogens is 3. The van der Waals surface area contributed by atoms with Gasteiger partial charge in [0.05, 0.1) is 18.3 Å². The van der Waals surface area contributed by atoms with Crippen LogP contribution in [0.1, 0.15) is 35.9 Å². The van der Waals surface area contributed by atoms with Crippen molar-refractivity contribution in [2.24, 2.45) is 0 Å². The maximum atomic E-state index is 15.0. The third-order valence-electron chi connectivity index (χ3n) is 5.64. The SMILES string of the molecule is CCOc1ccc(OC(=O)c2ccc(-c3ccc(-c4ccc(C(C)O)cc4)c(F)c3F)cc2)c(F)c1. The standard InChI is InChI=1S/C29H23F3O4/c1-3-35-22-12-15-26(25(30)16-22)36-29(34)21-10-8-20(9-11-21)24-14-13-23(27(31)28(24)32)19-6-4-18(5-7-19)17(2)33/h4-17,33H,3H2,1-2H3. The van der Waals surface area contributed by atoms with Crippen molar-refractivity contribution in [3.8, 4) is 33.8 Å². The van der Waals surface area contributed by atoms with Crippen LogP contribution in [0.4, 0.5) is 13.2 Å². The number of hydrogen-bond donors (Lipinski definition) is 1. The Morgan fingerprint density at radius 2 is 1.39 bits per heavy atom. The first-order valence-electron chi connectivity index (χ1n) is 11.3. The predicted octanol–water partition coefficient (Wildman–Crippen LogP) is 7.11. The first kappa shape index (κ1) is 25.0.